The van der Waals surface area contributed by atoms with Crippen LogP contribution in [-0.4, -0.2) is 107 Å². The highest BCUT2D eigenvalue weighted by Gasteiger charge is 2.20. The van der Waals surface area contributed by atoms with Gasteiger partial charge in [0.1, 0.15) is 19.3 Å². The molecule has 34 heavy (non-hydrogen) atoms. The molecule has 0 spiro atoms. The number of carboxylic acid groups (broad SMARTS) is 1. The Morgan fingerprint density at radius 2 is 1.26 bits per heavy atom. The maximum absolute atomic E-state index is 11.8. The molecule has 1 atom stereocenters. The van der Waals surface area contributed by atoms with Crippen LogP contribution in [0.3, 0.4) is 0 Å². The van der Waals surface area contributed by atoms with Crippen LogP contribution in [0.4, 0.5) is 0 Å². The Bertz CT molecular complexity index is 630. The van der Waals surface area contributed by atoms with Crippen LogP contribution in [-0.2, 0) is 42.9 Å². The summed E-state index contributed by atoms with van der Waals surface area (Å²) in [5.41, 5.74) is 0. The molecular formula is C21H37N3O10. The van der Waals surface area contributed by atoms with Crippen molar-refractivity contribution in [2.24, 2.45) is 0 Å². The molecular weight excluding hydrogens is 454 g/mol. The van der Waals surface area contributed by atoms with E-state index in [0.29, 0.717) is 26.4 Å². The lowest BCUT2D eigenvalue weighted by atomic mass is 10.1. The monoisotopic (exact) mass is 491 g/mol. The van der Waals surface area contributed by atoms with Crippen molar-refractivity contribution in [2.45, 2.75) is 39.2 Å². The highest BCUT2D eigenvalue weighted by molar-refractivity contribution is 5.84. The summed E-state index contributed by atoms with van der Waals surface area (Å²) in [5, 5.41) is 16.6. The van der Waals surface area contributed by atoms with E-state index >= 15 is 0 Å². The normalized spacial score (nSPS) is 11.5. The van der Waals surface area contributed by atoms with Gasteiger partial charge in [0.15, 0.2) is 5.78 Å². The van der Waals surface area contributed by atoms with E-state index < -0.39 is 12.0 Å². The van der Waals surface area contributed by atoms with Gasteiger partial charge in [0, 0.05) is 25.9 Å². The van der Waals surface area contributed by atoms with E-state index in [-0.39, 0.29) is 82.3 Å². The zero-order valence-corrected chi connectivity index (χ0v) is 19.9. The molecule has 0 unspecified atom stereocenters. The van der Waals surface area contributed by atoms with Gasteiger partial charge in [-0.05, 0) is 13.3 Å². The molecule has 0 fully saturated rings. The van der Waals surface area contributed by atoms with Crippen LogP contribution in [0.2, 0.25) is 0 Å². The van der Waals surface area contributed by atoms with Gasteiger partial charge in [0.25, 0.3) is 0 Å². The number of hydrogen-bond acceptors (Lipinski definition) is 9. The first-order chi connectivity index (χ1) is 16.3. The zero-order valence-electron chi connectivity index (χ0n) is 19.9. The minimum atomic E-state index is -1.19. The van der Waals surface area contributed by atoms with Crippen molar-refractivity contribution in [2.75, 3.05) is 65.9 Å². The van der Waals surface area contributed by atoms with E-state index in [2.05, 4.69) is 16.0 Å². The Balaban J connectivity index is 3.55. The second-order valence-corrected chi connectivity index (χ2v) is 7.08. The molecule has 0 aliphatic rings. The highest BCUT2D eigenvalue weighted by Crippen LogP contribution is 1.99. The minimum absolute atomic E-state index is 0.00860. The summed E-state index contributed by atoms with van der Waals surface area (Å²) in [7, 11) is 0. The molecule has 0 aliphatic carbocycles. The molecule has 0 saturated carbocycles. The Hall–Kier alpha value is -2.61. The number of Topliss-reactive ketones (excluding diaryl/α,β-unsaturated/α-hetero) is 1. The van der Waals surface area contributed by atoms with E-state index in [9.17, 15) is 24.0 Å². The van der Waals surface area contributed by atoms with Crippen molar-refractivity contribution in [1.29, 1.82) is 0 Å². The average molecular weight is 492 g/mol. The minimum Gasteiger partial charge on any atom is -0.480 e. The van der Waals surface area contributed by atoms with Gasteiger partial charge < -0.3 is 40.0 Å². The fourth-order valence-corrected chi connectivity index (χ4v) is 2.31. The van der Waals surface area contributed by atoms with Crippen molar-refractivity contribution >= 4 is 29.5 Å². The molecule has 13 nitrogen and oxygen atoms in total. The number of carbonyl (C=O) groups is 5. The quantitative estimate of drug-likeness (QED) is 0.132. The largest absolute Gasteiger partial charge is 0.480 e. The van der Waals surface area contributed by atoms with Crippen LogP contribution >= 0.6 is 0 Å². The molecule has 0 radical (unpaired) electrons. The van der Waals surface area contributed by atoms with Gasteiger partial charge in [0.05, 0.1) is 39.6 Å². The van der Waals surface area contributed by atoms with Crippen molar-refractivity contribution in [1.82, 2.24) is 16.0 Å². The summed E-state index contributed by atoms with van der Waals surface area (Å²) in [5.74, 6) is -2.27. The summed E-state index contributed by atoms with van der Waals surface area (Å²) in [6.07, 6.45) is 0.112. The van der Waals surface area contributed by atoms with Gasteiger partial charge in [0.2, 0.25) is 17.7 Å². The van der Waals surface area contributed by atoms with Crippen LogP contribution in [0.5, 0.6) is 0 Å². The van der Waals surface area contributed by atoms with Gasteiger partial charge in [-0.3, -0.25) is 19.2 Å². The molecule has 0 aromatic heterocycles. The number of rotatable bonds is 22. The maximum atomic E-state index is 11.8. The van der Waals surface area contributed by atoms with Crippen LogP contribution in [0.25, 0.3) is 0 Å². The lowest BCUT2D eigenvalue weighted by molar-refractivity contribution is -0.142. The molecule has 0 aromatic carbocycles. The van der Waals surface area contributed by atoms with Gasteiger partial charge >= 0.3 is 5.97 Å². The number of aliphatic carboxylic acids is 1. The molecule has 4 N–H and O–H groups in total. The van der Waals surface area contributed by atoms with E-state index in [4.69, 9.17) is 24.1 Å². The van der Waals surface area contributed by atoms with Crippen molar-refractivity contribution in [3.8, 4) is 0 Å². The fourth-order valence-electron chi connectivity index (χ4n) is 2.31. The highest BCUT2D eigenvalue weighted by atomic mass is 16.5. The predicted octanol–water partition coefficient (Wildman–Crippen LogP) is -1.37. The summed E-state index contributed by atoms with van der Waals surface area (Å²) < 4.78 is 20.7. The molecule has 3 amide bonds. The maximum Gasteiger partial charge on any atom is 0.326 e. The Morgan fingerprint density at radius 1 is 0.735 bits per heavy atom. The third kappa shape index (κ3) is 20.0. The number of carboxylic acids is 1. The first-order valence-corrected chi connectivity index (χ1v) is 11.1. The molecule has 196 valence electrons. The molecule has 0 bridgehead atoms. The second kappa shape index (κ2) is 21.0. The number of ether oxygens (including phenoxy) is 4. The van der Waals surface area contributed by atoms with Crippen molar-refractivity contribution in [3.05, 3.63) is 0 Å². The smallest absolute Gasteiger partial charge is 0.326 e. The molecule has 0 aliphatic heterocycles. The van der Waals surface area contributed by atoms with Gasteiger partial charge in [-0.2, -0.15) is 0 Å². The molecule has 0 aromatic rings. The summed E-state index contributed by atoms with van der Waals surface area (Å²) in [6, 6.07) is -1.10. The molecule has 13 heteroatoms. The summed E-state index contributed by atoms with van der Waals surface area (Å²) >= 11 is 0. The van der Waals surface area contributed by atoms with Gasteiger partial charge in [-0.25, -0.2) is 4.79 Å². The third-order valence-electron chi connectivity index (χ3n) is 4.03. The first-order valence-electron chi connectivity index (χ1n) is 11.1. The average Bonchev–Trinajstić information content (AvgIpc) is 2.79. The van der Waals surface area contributed by atoms with Gasteiger partial charge in [-0.15, -0.1) is 0 Å². The summed E-state index contributed by atoms with van der Waals surface area (Å²) in [4.78, 5) is 56.4. The molecule has 0 saturated heterocycles. The van der Waals surface area contributed by atoms with Crippen LogP contribution in [0.15, 0.2) is 0 Å². The van der Waals surface area contributed by atoms with Crippen molar-refractivity contribution in [3.63, 3.8) is 0 Å². The molecule has 0 rings (SSSR count). The summed E-state index contributed by atoms with van der Waals surface area (Å²) in [6.45, 7) is 5.15. The third-order valence-corrected chi connectivity index (χ3v) is 4.03. The van der Waals surface area contributed by atoms with E-state index in [0.717, 1.165) is 0 Å². The number of carbonyl (C=O) groups excluding carboxylic acids is 4. The predicted molar refractivity (Wildman–Crippen MR) is 119 cm³/mol. The lowest BCUT2D eigenvalue weighted by Gasteiger charge is -2.13. The Morgan fingerprint density at radius 3 is 1.79 bits per heavy atom. The van der Waals surface area contributed by atoms with Crippen LogP contribution < -0.4 is 16.0 Å². The molecule has 0 heterocycles. The van der Waals surface area contributed by atoms with Crippen LogP contribution in [0.1, 0.15) is 33.1 Å². The van der Waals surface area contributed by atoms with E-state index in [1.807, 2.05) is 0 Å². The fraction of sp³-hybridized carbons (Fsp3) is 0.762. The standard InChI is InChI=1S/C21H37N3O10/c1-3-18(26)24-17(21(29)30)4-5-19(27)22-6-8-31-11-13-34-15-20(28)23-7-9-32-10-12-33-14-16(2)25/h17H,3-15H2,1-2H3,(H,22,27)(H,23,28)(H,24,26)(H,29,30)/t17-/m0/s1. The number of nitrogens with one attached hydrogen (secondary N) is 3. The number of amides is 3. The Kier molecular flexibility index (Phi) is 19.4. The van der Waals surface area contributed by atoms with E-state index in [1.54, 1.807) is 6.92 Å². The first kappa shape index (κ1) is 31.4. The SMILES string of the molecule is CCC(=O)N[C@@H](CCC(=O)NCCOCCOCC(=O)NCCOCCOCC(C)=O)C(=O)O. The number of ketones is 1. The lowest BCUT2D eigenvalue weighted by Crippen LogP contribution is -2.41. The Labute approximate surface area is 199 Å². The zero-order chi connectivity index (χ0) is 25.6. The number of hydrogen-bond donors (Lipinski definition) is 4. The van der Waals surface area contributed by atoms with Crippen molar-refractivity contribution < 1.29 is 48.0 Å². The van der Waals surface area contributed by atoms with E-state index in [1.165, 1.54) is 6.92 Å². The van der Waals surface area contributed by atoms with Crippen LogP contribution in [0, 0.1) is 0 Å². The topological polar surface area (TPSA) is 179 Å². The van der Waals surface area contributed by atoms with Gasteiger partial charge in [-0.1, -0.05) is 6.92 Å². The second-order valence-electron chi connectivity index (χ2n) is 7.08.